The third-order valence-electron chi connectivity index (χ3n) is 3.87. The lowest BCUT2D eigenvalue weighted by Gasteiger charge is -2.16. The van der Waals surface area contributed by atoms with Crippen LogP contribution in [0.25, 0.3) is 11.0 Å². The number of nitrogens with zero attached hydrogens (tertiary/aromatic N) is 2. The molecule has 2 aromatic carbocycles. The molecule has 0 spiro atoms. The van der Waals surface area contributed by atoms with E-state index >= 15 is 0 Å². The summed E-state index contributed by atoms with van der Waals surface area (Å²) >= 11 is 12.7. The third kappa shape index (κ3) is 3.25. The lowest BCUT2D eigenvalue weighted by atomic mass is 10.2. The van der Waals surface area contributed by atoms with E-state index in [0.717, 1.165) is 22.4 Å². The van der Waals surface area contributed by atoms with Gasteiger partial charge in [-0.15, -0.1) is 0 Å². The lowest BCUT2D eigenvalue weighted by molar-refractivity contribution is -0.119. The van der Waals surface area contributed by atoms with E-state index in [1.165, 1.54) is 6.92 Å². The highest BCUT2D eigenvalue weighted by molar-refractivity contribution is 6.36. The topological polar surface area (TPSA) is 46.9 Å². The highest BCUT2D eigenvalue weighted by atomic mass is 35.5. The quantitative estimate of drug-likeness (QED) is 0.738. The molecule has 1 atom stereocenters. The highest BCUT2D eigenvalue weighted by Gasteiger charge is 2.19. The van der Waals surface area contributed by atoms with Crippen molar-refractivity contribution in [1.29, 1.82) is 0 Å². The summed E-state index contributed by atoms with van der Waals surface area (Å²) in [5.41, 5.74) is 2.67. The van der Waals surface area contributed by atoms with Gasteiger partial charge in [0.05, 0.1) is 23.6 Å². The van der Waals surface area contributed by atoms with Crippen LogP contribution in [-0.4, -0.2) is 15.5 Å². The van der Waals surface area contributed by atoms with E-state index in [9.17, 15) is 4.79 Å². The Balaban J connectivity index is 2.12. The number of imidazole rings is 1. The van der Waals surface area contributed by atoms with E-state index in [-0.39, 0.29) is 11.9 Å². The number of fused-ring (bicyclic) bond motifs is 1. The van der Waals surface area contributed by atoms with Gasteiger partial charge in [-0.3, -0.25) is 4.79 Å². The molecule has 1 amide bonds. The van der Waals surface area contributed by atoms with Crippen molar-refractivity contribution in [3.8, 4) is 0 Å². The molecule has 1 heterocycles. The van der Waals surface area contributed by atoms with Crippen LogP contribution >= 0.6 is 23.2 Å². The number of amides is 1. The van der Waals surface area contributed by atoms with Crippen molar-refractivity contribution in [3.63, 3.8) is 0 Å². The average molecular weight is 362 g/mol. The third-order valence-corrected chi connectivity index (χ3v) is 4.58. The van der Waals surface area contributed by atoms with Gasteiger partial charge in [0.15, 0.2) is 0 Å². The molecule has 0 aliphatic rings. The first kappa shape index (κ1) is 16.8. The molecule has 1 unspecified atom stereocenters. The maximum Gasteiger partial charge on any atom is 0.217 e. The SMILES string of the molecule is CC(=O)NC(C)c1nc2ccccc2n1Cc1c(Cl)cccc1Cl. The number of nitrogens with one attached hydrogen (secondary N) is 1. The lowest BCUT2D eigenvalue weighted by Crippen LogP contribution is -2.26. The molecule has 3 rings (SSSR count). The van der Waals surface area contributed by atoms with Crippen LogP contribution in [0.4, 0.5) is 0 Å². The van der Waals surface area contributed by atoms with Crippen molar-refractivity contribution >= 4 is 40.1 Å². The molecular weight excluding hydrogens is 345 g/mol. The van der Waals surface area contributed by atoms with Crippen LogP contribution in [0.2, 0.25) is 10.0 Å². The van der Waals surface area contributed by atoms with Gasteiger partial charge in [-0.1, -0.05) is 41.4 Å². The first-order valence-electron chi connectivity index (χ1n) is 7.62. The minimum atomic E-state index is -0.226. The number of para-hydroxylation sites is 2. The Morgan fingerprint density at radius 2 is 1.83 bits per heavy atom. The van der Waals surface area contributed by atoms with Crippen molar-refractivity contribution in [2.75, 3.05) is 0 Å². The molecule has 0 saturated carbocycles. The molecule has 0 aliphatic carbocycles. The minimum absolute atomic E-state index is 0.100. The van der Waals surface area contributed by atoms with Crippen molar-refractivity contribution in [2.24, 2.45) is 0 Å². The Bertz CT molecular complexity index is 884. The summed E-state index contributed by atoms with van der Waals surface area (Å²) in [5.74, 6) is 0.666. The van der Waals surface area contributed by atoms with Gasteiger partial charge in [0.2, 0.25) is 5.91 Å². The number of carbonyl (C=O) groups excluding carboxylic acids is 1. The normalized spacial score (nSPS) is 12.3. The Hall–Kier alpha value is -2.04. The summed E-state index contributed by atoms with van der Waals surface area (Å²) in [6.45, 7) is 3.89. The average Bonchev–Trinajstić information content (AvgIpc) is 2.89. The maximum absolute atomic E-state index is 11.4. The second-order valence-corrected chi connectivity index (χ2v) is 6.48. The summed E-state index contributed by atoms with van der Waals surface area (Å²) in [5, 5.41) is 4.11. The largest absolute Gasteiger partial charge is 0.347 e. The van der Waals surface area contributed by atoms with Gasteiger partial charge in [-0.2, -0.15) is 0 Å². The molecule has 0 radical (unpaired) electrons. The molecule has 3 aromatic rings. The Labute approximate surface area is 150 Å². The van der Waals surface area contributed by atoms with Crippen molar-refractivity contribution in [3.05, 3.63) is 63.9 Å². The molecule has 0 fully saturated rings. The van der Waals surface area contributed by atoms with Gasteiger partial charge in [0, 0.05) is 22.5 Å². The van der Waals surface area contributed by atoms with Crippen LogP contribution in [0.1, 0.15) is 31.3 Å². The van der Waals surface area contributed by atoms with Gasteiger partial charge < -0.3 is 9.88 Å². The number of carbonyl (C=O) groups is 1. The van der Waals surface area contributed by atoms with Crippen molar-refractivity contribution in [2.45, 2.75) is 26.4 Å². The standard InChI is InChI=1S/C18H17Cl2N3O/c1-11(21-12(2)24)18-22-16-8-3-4-9-17(16)23(18)10-13-14(19)6-5-7-15(13)20/h3-9,11H,10H2,1-2H3,(H,21,24). The molecular formula is C18H17Cl2N3O. The molecule has 0 bridgehead atoms. The molecule has 4 nitrogen and oxygen atoms in total. The molecule has 124 valence electrons. The van der Waals surface area contributed by atoms with E-state index in [0.29, 0.717) is 16.6 Å². The smallest absolute Gasteiger partial charge is 0.217 e. The van der Waals surface area contributed by atoms with Crippen molar-refractivity contribution < 1.29 is 4.79 Å². The second-order valence-electron chi connectivity index (χ2n) is 5.67. The number of aromatic nitrogens is 2. The molecule has 0 saturated heterocycles. The summed E-state index contributed by atoms with van der Waals surface area (Å²) < 4.78 is 2.04. The summed E-state index contributed by atoms with van der Waals surface area (Å²) in [7, 11) is 0. The zero-order valence-corrected chi connectivity index (χ0v) is 14.9. The molecule has 1 N–H and O–H groups in total. The predicted molar refractivity (Wildman–Crippen MR) is 97.5 cm³/mol. The van der Waals surface area contributed by atoms with Gasteiger partial charge >= 0.3 is 0 Å². The van der Waals surface area contributed by atoms with E-state index in [4.69, 9.17) is 23.2 Å². The number of benzene rings is 2. The van der Waals surface area contributed by atoms with Crippen LogP contribution in [-0.2, 0) is 11.3 Å². The first-order valence-corrected chi connectivity index (χ1v) is 8.38. The fraction of sp³-hybridized carbons (Fsp3) is 0.222. The van der Waals surface area contributed by atoms with Crippen LogP contribution in [0, 0.1) is 0 Å². The van der Waals surface area contributed by atoms with Gasteiger partial charge in [-0.05, 0) is 31.2 Å². The minimum Gasteiger partial charge on any atom is -0.347 e. The van der Waals surface area contributed by atoms with Crippen LogP contribution < -0.4 is 5.32 Å². The zero-order valence-electron chi connectivity index (χ0n) is 13.4. The first-order chi connectivity index (χ1) is 11.5. The van der Waals surface area contributed by atoms with Gasteiger partial charge in [-0.25, -0.2) is 4.98 Å². The monoisotopic (exact) mass is 361 g/mol. The summed E-state index contributed by atoms with van der Waals surface area (Å²) in [6, 6.07) is 13.1. The van der Waals surface area contributed by atoms with Gasteiger partial charge in [0.25, 0.3) is 0 Å². The number of halogens is 2. The van der Waals surface area contributed by atoms with E-state index in [1.807, 2.05) is 54.0 Å². The van der Waals surface area contributed by atoms with Crippen molar-refractivity contribution in [1.82, 2.24) is 14.9 Å². The maximum atomic E-state index is 11.4. The molecule has 0 aliphatic heterocycles. The second kappa shape index (κ2) is 6.83. The van der Waals surface area contributed by atoms with Gasteiger partial charge in [0.1, 0.15) is 5.82 Å². The summed E-state index contributed by atoms with van der Waals surface area (Å²) in [4.78, 5) is 16.1. The number of rotatable bonds is 4. The Morgan fingerprint density at radius 1 is 1.17 bits per heavy atom. The Kier molecular flexibility index (Phi) is 4.78. The highest BCUT2D eigenvalue weighted by Crippen LogP contribution is 2.28. The van der Waals surface area contributed by atoms with Crippen LogP contribution in [0.5, 0.6) is 0 Å². The zero-order chi connectivity index (χ0) is 17.3. The van der Waals surface area contributed by atoms with E-state index in [2.05, 4.69) is 10.3 Å². The van der Waals surface area contributed by atoms with Crippen LogP contribution in [0.15, 0.2) is 42.5 Å². The number of hydrogen-bond acceptors (Lipinski definition) is 2. The van der Waals surface area contributed by atoms with E-state index in [1.54, 1.807) is 0 Å². The molecule has 1 aromatic heterocycles. The van der Waals surface area contributed by atoms with E-state index < -0.39 is 0 Å². The fourth-order valence-corrected chi connectivity index (χ4v) is 3.32. The Morgan fingerprint density at radius 3 is 2.50 bits per heavy atom. The molecule has 24 heavy (non-hydrogen) atoms. The summed E-state index contributed by atoms with van der Waals surface area (Å²) in [6.07, 6.45) is 0. The molecule has 6 heteroatoms. The van der Waals surface area contributed by atoms with Crippen LogP contribution in [0.3, 0.4) is 0 Å². The predicted octanol–water partition coefficient (Wildman–Crippen LogP) is 4.59. The fourth-order valence-electron chi connectivity index (χ4n) is 2.80. The number of hydrogen-bond donors (Lipinski definition) is 1.